The molecule has 1 fully saturated rings. The van der Waals surface area contributed by atoms with E-state index in [9.17, 15) is 0 Å². The second-order valence-corrected chi connectivity index (χ2v) is 3.45. The standard InChI is InChI=1S/C9H20N2O/c1-3-8(2)10-11-9-6-4-5-7-12-9/h8-11H,3-7H2,1-2H3. The average molecular weight is 172 g/mol. The maximum Gasteiger partial charge on any atom is 0.120 e. The Kier molecular flexibility index (Phi) is 4.58. The van der Waals surface area contributed by atoms with Gasteiger partial charge in [-0.2, -0.15) is 0 Å². The van der Waals surface area contributed by atoms with Gasteiger partial charge in [-0.3, -0.25) is 5.43 Å². The molecule has 1 aliphatic heterocycles. The van der Waals surface area contributed by atoms with Crippen LogP contribution in [0.15, 0.2) is 0 Å². The number of ether oxygens (including phenoxy) is 1. The monoisotopic (exact) mass is 172 g/mol. The molecule has 2 N–H and O–H groups in total. The highest BCUT2D eigenvalue weighted by molar-refractivity contribution is 4.61. The van der Waals surface area contributed by atoms with E-state index in [4.69, 9.17) is 4.74 Å². The highest BCUT2D eigenvalue weighted by Gasteiger charge is 2.12. The summed E-state index contributed by atoms with van der Waals surface area (Å²) in [6.07, 6.45) is 4.98. The smallest absolute Gasteiger partial charge is 0.120 e. The van der Waals surface area contributed by atoms with E-state index in [0.29, 0.717) is 6.04 Å². The summed E-state index contributed by atoms with van der Waals surface area (Å²) in [5, 5.41) is 0. The summed E-state index contributed by atoms with van der Waals surface area (Å²) in [7, 11) is 0. The fourth-order valence-corrected chi connectivity index (χ4v) is 1.19. The van der Waals surface area contributed by atoms with Crippen LogP contribution in [0.3, 0.4) is 0 Å². The predicted molar refractivity (Wildman–Crippen MR) is 49.6 cm³/mol. The van der Waals surface area contributed by atoms with Gasteiger partial charge in [-0.15, -0.1) is 0 Å². The van der Waals surface area contributed by atoms with E-state index in [1.807, 2.05) is 0 Å². The van der Waals surface area contributed by atoms with Crippen molar-refractivity contribution in [3.8, 4) is 0 Å². The lowest BCUT2D eigenvalue weighted by Crippen LogP contribution is -2.47. The lowest BCUT2D eigenvalue weighted by Gasteiger charge is -2.25. The SMILES string of the molecule is CCC(C)NNC1CCCCO1. The van der Waals surface area contributed by atoms with Gasteiger partial charge in [0.05, 0.1) is 0 Å². The molecule has 1 rings (SSSR count). The molecule has 0 amide bonds. The lowest BCUT2D eigenvalue weighted by atomic mass is 10.2. The molecule has 0 aromatic carbocycles. The minimum absolute atomic E-state index is 0.229. The molecule has 2 atom stereocenters. The topological polar surface area (TPSA) is 33.3 Å². The summed E-state index contributed by atoms with van der Waals surface area (Å²) in [5.74, 6) is 0. The van der Waals surface area contributed by atoms with Gasteiger partial charge in [-0.05, 0) is 32.6 Å². The summed E-state index contributed by atoms with van der Waals surface area (Å²) in [5.41, 5.74) is 6.43. The van der Waals surface area contributed by atoms with E-state index in [2.05, 4.69) is 24.7 Å². The van der Waals surface area contributed by atoms with E-state index in [-0.39, 0.29) is 6.23 Å². The third-order valence-electron chi connectivity index (χ3n) is 2.28. The van der Waals surface area contributed by atoms with Gasteiger partial charge >= 0.3 is 0 Å². The normalized spacial score (nSPS) is 27.0. The molecule has 0 aromatic heterocycles. The molecule has 1 heterocycles. The molecule has 3 heteroatoms. The van der Waals surface area contributed by atoms with E-state index in [1.165, 1.54) is 12.8 Å². The maximum absolute atomic E-state index is 5.50. The fraction of sp³-hybridized carbons (Fsp3) is 1.00. The van der Waals surface area contributed by atoms with Crippen molar-refractivity contribution >= 4 is 0 Å². The van der Waals surface area contributed by atoms with Gasteiger partial charge in [-0.25, -0.2) is 5.43 Å². The largest absolute Gasteiger partial charge is 0.362 e. The molecular weight excluding hydrogens is 152 g/mol. The highest BCUT2D eigenvalue weighted by atomic mass is 16.5. The fourth-order valence-electron chi connectivity index (χ4n) is 1.19. The minimum Gasteiger partial charge on any atom is -0.362 e. The molecule has 12 heavy (non-hydrogen) atoms. The van der Waals surface area contributed by atoms with Crippen LogP contribution in [0.1, 0.15) is 39.5 Å². The zero-order valence-corrected chi connectivity index (χ0v) is 8.10. The van der Waals surface area contributed by atoms with E-state index >= 15 is 0 Å². The van der Waals surface area contributed by atoms with Crippen molar-refractivity contribution in [2.45, 2.75) is 51.8 Å². The average Bonchev–Trinajstić information content (AvgIpc) is 2.16. The molecule has 3 nitrogen and oxygen atoms in total. The number of hydrogen-bond acceptors (Lipinski definition) is 3. The molecule has 1 saturated heterocycles. The minimum atomic E-state index is 0.229. The molecule has 0 spiro atoms. The van der Waals surface area contributed by atoms with Crippen molar-refractivity contribution in [3.05, 3.63) is 0 Å². The van der Waals surface area contributed by atoms with Gasteiger partial charge in [0.15, 0.2) is 0 Å². The zero-order valence-electron chi connectivity index (χ0n) is 8.10. The number of nitrogens with one attached hydrogen (secondary N) is 2. The zero-order chi connectivity index (χ0) is 8.81. The third-order valence-corrected chi connectivity index (χ3v) is 2.28. The lowest BCUT2D eigenvalue weighted by molar-refractivity contribution is -0.0166. The van der Waals surface area contributed by atoms with Crippen LogP contribution in [0, 0.1) is 0 Å². The van der Waals surface area contributed by atoms with E-state index < -0.39 is 0 Å². The van der Waals surface area contributed by atoms with Gasteiger partial charge < -0.3 is 4.74 Å². The molecule has 0 aromatic rings. The molecular formula is C9H20N2O. The van der Waals surface area contributed by atoms with Crippen LogP contribution < -0.4 is 10.9 Å². The Morgan fingerprint density at radius 1 is 1.50 bits per heavy atom. The quantitative estimate of drug-likeness (QED) is 0.629. The first kappa shape index (κ1) is 9.96. The van der Waals surface area contributed by atoms with Crippen LogP contribution in [-0.4, -0.2) is 18.9 Å². The Bertz CT molecular complexity index is 113. The van der Waals surface area contributed by atoms with Crippen LogP contribution in [0.25, 0.3) is 0 Å². The summed E-state index contributed by atoms with van der Waals surface area (Å²) in [6.45, 7) is 5.23. The summed E-state index contributed by atoms with van der Waals surface area (Å²) in [6, 6.07) is 0.524. The van der Waals surface area contributed by atoms with Crippen LogP contribution in [0.4, 0.5) is 0 Å². The molecule has 0 aliphatic carbocycles. The van der Waals surface area contributed by atoms with Crippen molar-refractivity contribution in [1.29, 1.82) is 0 Å². The van der Waals surface area contributed by atoms with Gasteiger partial charge in [-0.1, -0.05) is 6.92 Å². The molecule has 0 bridgehead atoms. The third kappa shape index (κ3) is 3.52. The Balaban J connectivity index is 2.05. The Morgan fingerprint density at radius 2 is 2.33 bits per heavy atom. The van der Waals surface area contributed by atoms with Crippen molar-refractivity contribution in [1.82, 2.24) is 10.9 Å². The van der Waals surface area contributed by atoms with Crippen molar-refractivity contribution in [3.63, 3.8) is 0 Å². The van der Waals surface area contributed by atoms with E-state index in [1.54, 1.807) is 0 Å². The summed E-state index contributed by atoms with van der Waals surface area (Å²) < 4.78 is 5.50. The maximum atomic E-state index is 5.50. The van der Waals surface area contributed by atoms with Crippen LogP contribution in [-0.2, 0) is 4.74 Å². The second kappa shape index (κ2) is 5.51. The Morgan fingerprint density at radius 3 is 2.92 bits per heavy atom. The van der Waals surface area contributed by atoms with Crippen LogP contribution in [0.2, 0.25) is 0 Å². The first-order valence-corrected chi connectivity index (χ1v) is 4.95. The van der Waals surface area contributed by atoms with Gasteiger partial charge in [0.25, 0.3) is 0 Å². The number of rotatable bonds is 4. The summed E-state index contributed by atoms with van der Waals surface area (Å²) in [4.78, 5) is 0. The number of hydrazine groups is 1. The second-order valence-electron chi connectivity index (χ2n) is 3.45. The van der Waals surface area contributed by atoms with Crippen molar-refractivity contribution < 1.29 is 4.74 Å². The van der Waals surface area contributed by atoms with Gasteiger partial charge in [0.2, 0.25) is 0 Å². The molecule has 0 radical (unpaired) electrons. The van der Waals surface area contributed by atoms with Gasteiger partial charge in [0.1, 0.15) is 6.23 Å². The molecule has 72 valence electrons. The van der Waals surface area contributed by atoms with Crippen LogP contribution in [0.5, 0.6) is 0 Å². The molecule has 2 unspecified atom stereocenters. The Hall–Kier alpha value is -0.120. The Labute approximate surface area is 74.8 Å². The first-order valence-electron chi connectivity index (χ1n) is 4.95. The van der Waals surface area contributed by atoms with Crippen molar-refractivity contribution in [2.75, 3.05) is 6.61 Å². The molecule has 1 aliphatic rings. The number of hydrogen-bond donors (Lipinski definition) is 2. The first-order chi connectivity index (χ1) is 5.83. The highest BCUT2D eigenvalue weighted by Crippen LogP contribution is 2.09. The predicted octanol–water partition coefficient (Wildman–Crippen LogP) is 1.41. The van der Waals surface area contributed by atoms with Crippen molar-refractivity contribution in [2.24, 2.45) is 0 Å². The van der Waals surface area contributed by atoms with Gasteiger partial charge in [0, 0.05) is 12.6 Å². The van der Waals surface area contributed by atoms with Crippen LogP contribution >= 0.6 is 0 Å². The molecule has 0 saturated carbocycles. The summed E-state index contributed by atoms with van der Waals surface area (Å²) >= 11 is 0. The van der Waals surface area contributed by atoms with E-state index in [0.717, 1.165) is 19.4 Å².